The smallest absolute Gasteiger partial charge is 0.264 e. The van der Waals surface area contributed by atoms with E-state index < -0.39 is 0 Å². The molecule has 0 spiro atoms. The van der Waals surface area contributed by atoms with Gasteiger partial charge in [0.1, 0.15) is 0 Å². The number of amides is 1. The van der Waals surface area contributed by atoms with Gasteiger partial charge in [-0.2, -0.15) is 0 Å². The molecule has 0 aliphatic rings. The summed E-state index contributed by atoms with van der Waals surface area (Å²) in [6.07, 6.45) is 7.77. The Balaban J connectivity index is 4.63. The Hall–Kier alpha value is 2.16. The van der Waals surface area contributed by atoms with Crippen LogP contribution in [0, 0.1) is 0 Å². The maximum absolute atomic E-state index is 12.2. The minimum Gasteiger partial charge on any atom is -0.264 e. The van der Waals surface area contributed by atoms with Gasteiger partial charge in [-0.05, 0) is 25.0 Å². The van der Waals surface area contributed by atoms with Gasteiger partial charge in [0.25, 0.3) is 0 Å². The zero-order valence-electron chi connectivity index (χ0n) is 9.98. The summed E-state index contributed by atoms with van der Waals surface area (Å²) in [6.45, 7) is 0. The first kappa shape index (κ1) is 20.2. The van der Waals surface area contributed by atoms with Crippen LogP contribution in [0.15, 0.2) is 0 Å². The molecule has 0 saturated carbocycles. The van der Waals surface area contributed by atoms with E-state index in [9.17, 15) is 4.79 Å². The van der Waals surface area contributed by atoms with Crippen LogP contribution in [-0.2, 0) is 4.79 Å². The van der Waals surface area contributed by atoms with Crippen LogP contribution in [0.5, 0.6) is 0 Å². The van der Waals surface area contributed by atoms with E-state index in [1.807, 2.05) is 25.0 Å². The molecule has 18 heavy (non-hydrogen) atoms. The highest BCUT2D eigenvalue weighted by molar-refractivity contribution is 8.84. The number of rotatable bonds is 8. The van der Waals surface area contributed by atoms with Gasteiger partial charge in [-0.15, -0.1) is 0 Å². The predicted octanol–water partition coefficient (Wildman–Crippen LogP) is 5.15. The Bertz CT molecular complexity index is 227. The molecule has 0 rings (SSSR count). The average molecular weight is 417 g/mol. The summed E-state index contributed by atoms with van der Waals surface area (Å²) >= 11 is 5.25. The SMILES string of the molecule is CSSN(SSC)C(=O)C(=S)N(SSC)SSC. The monoisotopic (exact) mass is 416 g/mol. The van der Waals surface area contributed by atoms with E-state index in [1.54, 1.807) is 29.0 Å². The van der Waals surface area contributed by atoms with Crippen LogP contribution in [0.2, 0.25) is 0 Å². The van der Waals surface area contributed by atoms with Crippen LogP contribution in [0.25, 0.3) is 0 Å². The Morgan fingerprint density at radius 2 is 1.11 bits per heavy atom. The fourth-order valence-corrected chi connectivity index (χ4v) is 9.10. The van der Waals surface area contributed by atoms with Gasteiger partial charge in [-0.25, -0.2) is 7.42 Å². The van der Waals surface area contributed by atoms with Crippen molar-refractivity contribution in [3.63, 3.8) is 0 Å². The summed E-state index contributed by atoms with van der Waals surface area (Å²) in [6, 6.07) is 0. The maximum Gasteiger partial charge on any atom is 0.304 e. The molecule has 0 atom stereocenters. The highest BCUT2D eigenvalue weighted by Gasteiger charge is 2.26. The highest BCUT2D eigenvalue weighted by Crippen LogP contribution is 2.40. The molecule has 0 radical (unpaired) electrons. The third-order valence-corrected chi connectivity index (χ3v) is 9.11. The average Bonchev–Trinajstić information content (AvgIpc) is 2.36. The van der Waals surface area contributed by atoms with Crippen LogP contribution < -0.4 is 0 Å². The first-order chi connectivity index (χ1) is 8.62. The number of carbonyl (C=O) groups excluding carboxylic acids is 1. The summed E-state index contributed by atoms with van der Waals surface area (Å²) in [5.74, 6) is -0.146. The number of carbonyl (C=O) groups is 1. The summed E-state index contributed by atoms with van der Waals surface area (Å²) in [4.78, 5) is 12.6. The Kier molecular flexibility index (Phi) is 14.4. The molecule has 0 N–H and O–H groups in total. The fourth-order valence-electron chi connectivity index (χ4n) is 0.587. The van der Waals surface area contributed by atoms with Crippen molar-refractivity contribution in [3.8, 4) is 0 Å². The second-order valence-corrected chi connectivity index (χ2v) is 12.1. The summed E-state index contributed by atoms with van der Waals surface area (Å²) < 4.78 is 3.37. The van der Waals surface area contributed by atoms with Crippen LogP contribution in [0.4, 0.5) is 0 Å². The van der Waals surface area contributed by atoms with E-state index in [2.05, 4.69) is 0 Å². The molecule has 0 bridgehead atoms. The fraction of sp³-hybridized carbons (Fsp3) is 0.667. The molecular formula is C6H12N2OS9. The first-order valence-corrected chi connectivity index (χ1v) is 14.6. The minimum atomic E-state index is -0.146. The molecule has 0 heterocycles. The molecule has 0 saturated heterocycles. The normalized spacial score (nSPS) is 10.2. The topological polar surface area (TPSA) is 23.6 Å². The molecule has 0 aromatic heterocycles. The van der Waals surface area contributed by atoms with Crippen molar-refractivity contribution in [1.82, 2.24) is 7.42 Å². The first-order valence-electron chi connectivity index (χ1n) is 4.14. The maximum atomic E-state index is 12.2. The van der Waals surface area contributed by atoms with Crippen molar-refractivity contribution in [1.29, 1.82) is 0 Å². The summed E-state index contributed by atoms with van der Waals surface area (Å²) in [5, 5.41) is 0. The number of nitrogens with zero attached hydrogens (tertiary/aromatic N) is 2. The van der Waals surface area contributed by atoms with Gasteiger partial charge in [0.2, 0.25) is 0 Å². The standard InChI is InChI=1S/C6H12N2OS9/c1-11-15-7(16-12-2)5(9)6(10)8(17-13-3)18-14-4/h1-4H3. The van der Waals surface area contributed by atoms with E-state index in [0.717, 1.165) is 0 Å². The van der Waals surface area contributed by atoms with E-state index in [1.165, 1.54) is 65.5 Å². The van der Waals surface area contributed by atoms with Gasteiger partial charge in [0.15, 0.2) is 4.99 Å². The molecule has 0 aliphatic heterocycles. The summed E-state index contributed by atoms with van der Waals surface area (Å²) in [5.41, 5.74) is 0. The molecule has 0 aromatic rings. The molecular weight excluding hydrogens is 405 g/mol. The van der Waals surface area contributed by atoms with Gasteiger partial charge in [-0.3, -0.25) is 4.79 Å². The van der Waals surface area contributed by atoms with Crippen molar-refractivity contribution >= 4 is 110 Å². The highest BCUT2D eigenvalue weighted by atomic mass is 33.2. The Morgan fingerprint density at radius 1 is 0.778 bits per heavy atom. The van der Waals surface area contributed by atoms with Gasteiger partial charge >= 0.3 is 5.91 Å². The van der Waals surface area contributed by atoms with Crippen molar-refractivity contribution in [3.05, 3.63) is 0 Å². The van der Waals surface area contributed by atoms with E-state index in [4.69, 9.17) is 12.2 Å². The zero-order valence-corrected chi connectivity index (χ0v) is 17.3. The van der Waals surface area contributed by atoms with E-state index in [0.29, 0.717) is 4.99 Å². The Morgan fingerprint density at radius 3 is 1.44 bits per heavy atom. The molecule has 0 fully saturated rings. The Labute approximate surface area is 146 Å². The number of hydrogen-bond acceptors (Lipinski definition) is 10. The second-order valence-electron chi connectivity index (χ2n) is 2.09. The summed E-state index contributed by atoms with van der Waals surface area (Å²) in [7, 11) is 11.9. The quantitative estimate of drug-likeness (QED) is 0.298. The van der Waals surface area contributed by atoms with Gasteiger partial charge in [-0.1, -0.05) is 55.4 Å². The molecule has 3 nitrogen and oxygen atoms in total. The van der Waals surface area contributed by atoms with Crippen molar-refractivity contribution in [2.24, 2.45) is 0 Å². The largest absolute Gasteiger partial charge is 0.304 e. The van der Waals surface area contributed by atoms with Crippen molar-refractivity contribution in [2.75, 3.05) is 25.0 Å². The lowest BCUT2D eigenvalue weighted by Crippen LogP contribution is -2.31. The second kappa shape index (κ2) is 12.9. The molecule has 0 aliphatic carbocycles. The van der Waals surface area contributed by atoms with E-state index in [-0.39, 0.29) is 5.91 Å². The molecule has 0 aromatic carbocycles. The lowest BCUT2D eigenvalue weighted by Gasteiger charge is -2.22. The zero-order chi connectivity index (χ0) is 14.0. The third kappa shape index (κ3) is 7.81. The van der Waals surface area contributed by atoms with Crippen molar-refractivity contribution < 1.29 is 4.79 Å². The lowest BCUT2D eigenvalue weighted by atomic mass is 10.6. The third-order valence-electron chi connectivity index (χ3n) is 1.08. The predicted molar refractivity (Wildman–Crippen MR) is 106 cm³/mol. The lowest BCUT2D eigenvalue weighted by molar-refractivity contribution is -0.116. The minimum absolute atomic E-state index is 0.146. The van der Waals surface area contributed by atoms with Gasteiger partial charge < -0.3 is 0 Å². The molecule has 1 amide bonds. The number of thiocarbonyl (C=S) groups is 1. The molecule has 0 unspecified atom stereocenters. The molecule has 106 valence electrons. The van der Waals surface area contributed by atoms with Crippen LogP contribution in [0.3, 0.4) is 0 Å². The van der Waals surface area contributed by atoms with Crippen molar-refractivity contribution in [2.45, 2.75) is 0 Å². The van der Waals surface area contributed by atoms with E-state index >= 15 is 0 Å². The number of hydrogen-bond donors (Lipinski definition) is 0. The van der Waals surface area contributed by atoms with Crippen LogP contribution in [0.1, 0.15) is 0 Å². The molecule has 12 heteroatoms. The van der Waals surface area contributed by atoms with Gasteiger partial charge in [0.05, 0.1) is 0 Å². The van der Waals surface area contributed by atoms with Crippen LogP contribution >= 0.6 is 99.3 Å². The van der Waals surface area contributed by atoms with Crippen LogP contribution in [-0.4, -0.2) is 43.3 Å². The van der Waals surface area contributed by atoms with Gasteiger partial charge in [0, 0.05) is 43.9 Å².